The van der Waals surface area contributed by atoms with Gasteiger partial charge < -0.3 is 23.9 Å². The lowest BCUT2D eigenvalue weighted by atomic mass is 10.1. The SMILES string of the molecule is CCOC(=O)c1sc(NC(=O)c2ccc(COc3ccccc3C)o2)c(C(=O)OCC)c1C. The maximum atomic E-state index is 12.8. The minimum absolute atomic E-state index is 0.0388. The van der Waals surface area contributed by atoms with Gasteiger partial charge in [-0.05, 0) is 57.0 Å². The van der Waals surface area contributed by atoms with E-state index in [1.54, 1.807) is 26.8 Å². The predicted octanol–water partition coefficient (Wildman–Crippen LogP) is 5.14. The highest BCUT2D eigenvalue weighted by atomic mass is 32.1. The van der Waals surface area contributed by atoms with Crippen molar-refractivity contribution in [3.8, 4) is 5.75 Å². The third-order valence-electron chi connectivity index (χ3n) is 4.66. The molecule has 2 aromatic heterocycles. The maximum absolute atomic E-state index is 12.8. The number of hydrogen-bond acceptors (Lipinski definition) is 8. The first-order chi connectivity index (χ1) is 15.8. The average molecular weight is 472 g/mol. The Labute approximate surface area is 195 Å². The van der Waals surface area contributed by atoms with Crippen molar-refractivity contribution in [2.24, 2.45) is 0 Å². The second-order valence-electron chi connectivity index (χ2n) is 6.98. The summed E-state index contributed by atoms with van der Waals surface area (Å²) in [6.45, 7) is 7.40. The molecule has 0 saturated carbocycles. The largest absolute Gasteiger partial charge is 0.485 e. The van der Waals surface area contributed by atoms with E-state index in [1.807, 2.05) is 31.2 Å². The van der Waals surface area contributed by atoms with Crippen molar-refractivity contribution >= 4 is 34.2 Å². The first kappa shape index (κ1) is 24.1. The molecule has 0 spiro atoms. The number of amides is 1. The Kier molecular flexibility index (Phi) is 7.89. The van der Waals surface area contributed by atoms with Crippen molar-refractivity contribution < 1.29 is 33.0 Å². The molecule has 1 N–H and O–H groups in total. The van der Waals surface area contributed by atoms with E-state index < -0.39 is 17.8 Å². The summed E-state index contributed by atoms with van der Waals surface area (Å²) in [5, 5.41) is 2.85. The summed E-state index contributed by atoms with van der Waals surface area (Å²) in [5.74, 6) is -0.553. The first-order valence-corrected chi connectivity index (χ1v) is 11.2. The van der Waals surface area contributed by atoms with Crippen LogP contribution in [0, 0.1) is 13.8 Å². The fraction of sp³-hybridized carbons (Fsp3) is 0.292. The van der Waals surface area contributed by atoms with Crippen LogP contribution in [0.15, 0.2) is 40.8 Å². The molecule has 0 aliphatic heterocycles. The number of carbonyl (C=O) groups is 3. The molecule has 8 nitrogen and oxygen atoms in total. The lowest BCUT2D eigenvalue weighted by Crippen LogP contribution is -2.14. The Hall–Kier alpha value is -3.59. The van der Waals surface area contributed by atoms with Gasteiger partial charge in [-0.3, -0.25) is 4.79 Å². The monoisotopic (exact) mass is 471 g/mol. The second-order valence-corrected chi connectivity index (χ2v) is 8.00. The van der Waals surface area contributed by atoms with Crippen molar-refractivity contribution in [3.63, 3.8) is 0 Å². The highest BCUT2D eigenvalue weighted by Gasteiger charge is 2.28. The Morgan fingerprint density at radius 2 is 1.67 bits per heavy atom. The number of rotatable bonds is 9. The smallest absolute Gasteiger partial charge is 0.348 e. The number of para-hydroxylation sites is 1. The highest BCUT2D eigenvalue weighted by Crippen LogP contribution is 2.34. The Balaban J connectivity index is 1.78. The number of thiophene rings is 1. The van der Waals surface area contributed by atoms with Gasteiger partial charge in [-0.1, -0.05) is 18.2 Å². The number of anilines is 1. The average Bonchev–Trinajstić information content (AvgIpc) is 3.38. The van der Waals surface area contributed by atoms with Crippen molar-refractivity contribution in [2.45, 2.75) is 34.3 Å². The zero-order valence-corrected chi connectivity index (χ0v) is 19.7. The third-order valence-corrected chi connectivity index (χ3v) is 5.85. The van der Waals surface area contributed by atoms with Gasteiger partial charge in [0, 0.05) is 0 Å². The molecule has 1 aromatic carbocycles. The summed E-state index contributed by atoms with van der Waals surface area (Å²) < 4.78 is 21.5. The molecule has 0 radical (unpaired) electrons. The van der Waals surface area contributed by atoms with Crippen LogP contribution in [-0.4, -0.2) is 31.1 Å². The van der Waals surface area contributed by atoms with Crippen LogP contribution in [0.4, 0.5) is 5.00 Å². The van der Waals surface area contributed by atoms with Gasteiger partial charge in [0.25, 0.3) is 5.91 Å². The van der Waals surface area contributed by atoms with Crippen LogP contribution in [0.3, 0.4) is 0 Å². The molecular formula is C24H25NO7S. The van der Waals surface area contributed by atoms with E-state index in [1.165, 1.54) is 6.07 Å². The fourth-order valence-corrected chi connectivity index (χ4v) is 4.14. The normalized spacial score (nSPS) is 10.5. The lowest BCUT2D eigenvalue weighted by molar-refractivity contribution is 0.0527. The number of ether oxygens (including phenoxy) is 3. The van der Waals surface area contributed by atoms with E-state index in [4.69, 9.17) is 18.6 Å². The zero-order chi connectivity index (χ0) is 24.0. The van der Waals surface area contributed by atoms with Gasteiger partial charge in [0.05, 0.1) is 18.8 Å². The van der Waals surface area contributed by atoms with E-state index >= 15 is 0 Å². The number of carbonyl (C=O) groups excluding carboxylic acids is 3. The molecule has 33 heavy (non-hydrogen) atoms. The van der Waals surface area contributed by atoms with Gasteiger partial charge in [0.1, 0.15) is 28.0 Å². The quantitative estimate of drug-likeness (QED) is 0.431. The maximum Gasteiger partial charge on any atom is 0.348 e. The summed E-state index contributed by atoms with van der Waals surface area (Å²) in [5.41, 5.74) is 1.49. The van der Waals surface area contributed by atoms with Crippen LogP contribution in [0.2, 0.25) is 0 Å². The molecule has 3 rings (SSSR count). The first-order valence-electron chi connectivity index (χ1n) is 10.4. The van der Waals surface area contributed by atoms with Gasteiger partial charge >= 0.3 is 11.9 Å². The summed E-state index contributed by atoms with van der Waals surface area (Å²) in [6.07, 6.45) is 0. The molecule has 0 atom stereocenters. The Morgan fingerprint density at radius 3 is 2.36 bits per heavy atom. The van der Waals surface area contributed by atoms with E-state index in [2.05, 4.69) is 5.32 Å². The molecule has 0 fully saturated rings. The van der Waals surface area contributed by atoms with Crippen molar-refractivity contribution in [1.29, 1.82) is 0 Å². The summed E-state index contributed by atoms with van der Waals surface area (Å²) in [6, 6.07) is 10.7. The fourth-order valence-electron chi connectivity index (χ4n) is 3.05. The number of hydrogen-bond donors (Lipinski definition) is 1. The minimum Gasteiger partial charge on any atom is -0.485 e. The number of furan rings is 1. The summed E-state index contributed by atoms with van der Waals surface area (Å²) in [4.78, 5) is 37.8. The summed E-state index contributed by atoms with van der Waals surface area (Å²) in [7, 11) is 0. The van der Waals surface area contributed by atoms with Gasteiger partial charge in [-0.15, -0.1) is 11.3 Å². The van der Waals surface area contributed by atoms with Crippen molar-refractivity contribution in [1.82, 2.24) is 0 Å². The highest BCUT2D eigenvalue weighted by molar-refractivity contribution is 7.18. The number of aryl methyl sites for hydroxylation is 1. The molecule has 0 aliphatic carbocycles. The van der Waals surface area contributed by atoms with Gasteiger partial charge in [0.2, 0.25) is 0 Å². The second kappa shape index (κ2) is 10.8. The Morgan fingerprint density at radius 1 is 0.970 bits per heavy atom. The molecule has 9 heteroatoms. The standard InChI is InChI=1S/C24H25NO7S/c1-5-29-23(27)19-15(4)20(24(28)30-6-2)33-22(19)25-21(26)18-12-11-16(32-18)13-31-17-10-8-7-9-14(17)3/h7-12H,5-6,13H2,1-4H3,(H,25,26). The van der Waals surface area contributed by atoms with Gasteiger partial charge in [0.15, 0.2) is 5.76 Å². The molecule has 2 heterocycles. The van der Waals surface area contributed by atoms with Crippen LogP contribution in [0.5, 0.6) is 5.75 Å². The predicted molar refractivity (Wildman–Crippen MR) is 123 cm³/mol. The molecule has 1 amide bonds. The Bertz CT molecular complexity index is 1160. The number of nitrogens with one attached hydrogen (secondary N) is 1. The molecule has 174 valence electrons. The molecule has 0 unspecified atom stereocenters. The van der Waals surface area contributed by atoms with Crippen molar-refractivity contribution in [3.05, 3.63) is 69.5 Å². The van der Waals surface area contributed by atoms with Crippen LogP contribution in [0.1, 0.15) is 61.3 Å². The number of benzene rings is 1. The van der Waals surface area contributed by atoms with Crippen LogP contribution in [0.25, 0.3) is 0 Å². The molecule has 0 bridgehead atoms. The van der Waals surface area contributed by atoms with E-state index in [0.717, 1.165) is 22.6 Å². The van der Waals surface area contributed by atoms with E-state index in [0.29, 0.717) is 11.3 Å². The number of esters is 2. The van der Waals surface area contributed by atoms with E-state index in [-0.39, 0.29) is 41.0 Å². The minimum atomic E-state index is -0.635. The van der Waals surface area contributed by atoms with Gasteiger partial charge in [-0.25, -0.2) is 9.59 Å². The third kappa shape index (κ3) is 5.61. The molecular weight excluding hydrogens is 446 g/mol. The lowest BCUT2D eigenvalue weighted by Gasteiger charge is -2.07. The molecule has 0 saturated heterocycles. The topological polar surface area (TPSA) is 104 Å². The molecule has 3 aromatic rings. The van der Waals surface area contributed by atoms with Crippen LogP contribution >= 0.6 is 11.3 Å². The zero-order valence-electron chi connectivity index (χ0n) is 18.9. The van der Waals surface area contributed by atoms with E-state index in [9.17, 15) is 14.4 Å². The van der Waals surface area contributed by atoms with Gasteiger partial charge in [-0.2, -0.15) is 0 Å². The summed E-state index contributed by atoms with van der Waals surface area (Å²) >= 11 is 0.954. The molecule has 0 aliphatic rings. The van der Waals surface area contributed by atoms with Crippen LogP contribution in [-0.2, 0) is 16.1 Å². The van der Waals surface area contributed by atoms with Crippen molar-refractivity contribution in [2.75, 3.05) is 18.5 Å². The van der Waals surface area contributed by atoms with Crippen LogP contribution < -0.4 is 10.1 Å².